The zero-order valence-electron chi connectivity index (χ0n) is 26.3. The number of carboxylic acids is 1. The summed E-state index contributed by atoms with van der Waals surface area (Å²) in [5, 5.41) is 29.1. The van der Waals surface area contributed by atoms with Crippen LogP contribution in [0.2, 0.25) is 0 Å². The van der Waals surface area contributed by atoms with Gasteiger partial charge in [-0.3, -0.25) is 19.2 Å². The van der Waals surface area contributed by atoms with E-state index in [1.165, 1.54) is 12.1 Å². The van der Waals surface area contributed by atoms with E-state index in [1.807, 2.05) is 48.5 Å². The summed E-state index contributed by atoms with van der Waals surface area (Å²) in [6.45, 7) is 0. The number of benzene rings is 3. The Kier molecular flexibility index (Phi) is 10.6. The molecule has 5 aromatic rings. The van der Waals surface area contributed by atoms with Gasteiger partial charge in [-0.1, -0.05) is 48.5 Å². The van der Waals surface area contributed by atoms with E-state index in [2.05, 4.69) is 25.9 Å². The molecule has 2 aromatic heterocycles. The number of nitrogens with one attached hydrogen (secondary N) is 5. The van der Waals surface area contributed by atoms with Gasteiger partial charge in [-0.05, 0) is 41.0 Å². The maximum Gasteiger partial charge on any atom is 0.326 e. The standard InChI is InChI=1S/C35H37N7O7/c36-25(16-31(37)44)32(45)40-28(14-20-17-38-26-7-3-1-5-23(20)26)33(46)41-29(15-21-18-39-27-8-4-2-6-24(21)27)34(47)42-30(35(48)49)13-19-9-11-22(43)12-10-19/h1-12,17-18,25,28-30,38-39,43H,13-16,36H2,(H2,37,44)(H,40,45)(H,41,46)(H,42,47)(H,48,49). The van der Waals surface area contributed by atoms with Gasteiger partial charge in [0.15, 0.2) is 0 Å². The fourth-order valence-electron chi connectivity index (χ4n) is 5.66. The Morgan fingerprint density at radius 2 is 1.12 bits per heavy atom. The van der Waals surface area contributed by atoms with Gasteiger partial charge in [-0.2, -0.15) is 0 Å². The molecule has 2 heterocycles. The van der Waals surface area contributed by atoms with Gasteiger partial charge in [0.1, 0.15) is 23.9 Å². The molecule has 14 heteroatoms. The molecule has 49 heavy (non-hydrogen) atoms. The number of phenolic OH excluding ortho intramolecular Hbond substituents is 1. The third-order valence-corrected chi connectivity index (χ3v) is 8.21. The third-order valence-electron chi connectivity index (χ3n) is 8.21. The fraction of sp³-hybridized carbons (Fsp3) is 0.229. The van der Waals surface area contributed by atoms with Crippen molar-refractivity contribution >= 4 is 51.4 Å². The Balaban J connectivity index is 1.43. The number of aromatic hydroxyl groups is 1. The molecule has 11 N–H and O–H groups in total. The van der Waals surface area contributed by atoms with Crippen LogP contribution >= 0.6 is 0 Å². The summed E-state index contributed by atoms with van der Waals surface area (Å²) in [5.41, 5.74) is 14.6. The van der Waals surface area contributed by atoms with Gasteiger partial charge < -0.3 is 47.6 Å². The lowest BCUT2D eigenvalue weighted by Crippen LogP contribution is -2.58. The number of fused-ring (bicyclic) bond motifs is 2. The van der Waals surface area contributed by atoms with Crippen LogP contribution in [0.4, 0.5) is 0 Å². The zero-order chi connectivity index (χ0) is 35.1. The number of carbonyl (C=O) groups excluding carboxylic acids is 4. The van der Waals surface area contributed by atoms with Crippen LogP contribution in [0.1, 0.15) is 23.1 Å². The smallest absolute Gasteiger partial charge is 0.326 e. The van der Waals surface area contributed by atoms with Gasteiger partial charge in [0.2, 0.25) is 23.6 Å². The summed E-state index contributed by atoms with van der Waals surface area (Å²) in [6.07, 6.45) is 2.84. The zero-order valence-corrected chi connectivity index (χ0v) is 26.3. The summed E-state index contributed by atoms with van der Waals surface area (Å²) in [6, 6.07) is 15.4. The number of nitrogens with two attached hydrogens (primary N) is 2. The number of H-pyrrole nitrogens is 2. The highest BCUT2D eigenvalue weighted by Gasteiger charge is 2.32. The van der Waals surface area contributed by atoms with Crippen molar-refractivity contribution in [1.82, 2.24) is 25.9 Å². The Bertz CT molecular complexity index is 1990. The molecule has 4 unspecified atom stereocenters. The largest absolute Gasteiger partial charge is 0.508 e. The summed E-state index contributed by atoms with van der Waals surface area (Å²) in [5.74, 6) is -4.40. The number of hydrogen-bond acceptors (Lipinski definition) is 7. The first kappa shape index (κ1) is 34.2. The van der Waals surface area contributed by atoms with Crippen LogP contribution < -0.4 is 27.4 Å². The molecule has 4 amide bonds. The second kappa shape index (κ2) is 15.2. The molecule has 254 valence electrons. The van der Waals surface area contributed by atoms with E-state index in [4.69, 9.17) is 11.5 Å². The van der Waals surface area contributed by atoms with Crippen LogP contribution in [-0.4, -0.2) is 73.9 Å². The summed E-state index contributed by atoms with van der Waals surface area (Å²) >= 11 is 0. The molecule has 0 aliphatic heterocycles. The maximum absolute atomic E-state index is 14.0. The number of primary amides is 1. The molecule has 0 fully saturated rings. The third kappa shape index (κ3) is 8.61. The Hall–Kier alpha value is -6.15. The van der Waals surface area contributed by atoms with E-state index in [1.54, 1.807) is 24.5 Å². The highest BCUT2D eigenvalue weighted by atomic mass is 16.4. The molecule has 14 nitrogen and oxygen atoms in total. The van der Waals surface area contributed by atoms with Crippen molar-refractivity contribution in [2.75, 3.05) is 0 Å². The number of phenols is 1. The van der Waals surface area contributed by atoms with Crippen molar-refractivity contribution in [3.05, 3.63) is 102 Å². The first-order chi connectivity index (χ1) is 23.5. The lowest BCUT2D eigenvalue weighted by molar-refractivity contribution is -0.142. The van der Waals surface area contributed by atoms with Gasteiger partial charge >= 0.3 is 5.97 Å². The molecular formula is C35H37N7O7. The lowest BCUT2D eigenvalue weighted by atomic mass is 10.0. The van der Waals surface area contributed by atoms with Crippen LogP contribution in [0.15, 0.2) is 85.2 Å². The van der Waals surface area contributed by atoms with Crippen LogP contribution in [0.3, 0.4) is 0 Å². The Morgan fingerprint density at radius 1 is 0.653 bits per heavy atom. The molecule has 0 aliphatic carbocycles. The monoisotopic (exact) mass is 667 g/mol. The van der Waals surface area contributed by atoms with Crippen molar-refractivity contribution in [1.29, 1.82) is 0 Å². The van der Waals surface area contributed by atoms with E-state index in [0.717, 1.165) is 21.8 Å². The quantitative estimate of drug-likeness (QED) is 0.0781. The summed E-state index contributed by atoms with van der Waals surface area (Å²) in [7, 11) is 0. The molecule has 4 atom stereocenters. The van der Waals surface area contributed by atoms with Crippen molar-refractivity contribution in [2.45, 2.75) is 49.9 Å². The number of amides is 4. The van der Waals surface area contributed by atoms with Crippen LogP contribution in [0.5, 0.6) is 5.75 Å². The second-order valence-electron chi connectivity index (χ2n) is 11.8. The van der Waals surface area contributed by atoms with Crippen LogP contribution in [0.25, 0.3) is 21.8 Å². The van der Waals surface area contributed by atoms with Gasteiger partial charge in [-0.15, -0.1) is 0 Å². The number of aliphatic carboxylic acids is 1. The molecule has 3 aromatic carbocycles. The minimum atomic E-state index is -1.37. The average Bonchev–Trinajstić information content (AvgIpc) is 3.68. The molecule has 0 spiro atoms. The van der Waals surface area contributed by atoms with E-state index in [-0.39, 0.29) is 25.0 Å². The average molecular weight is 668 g/mol. The number of aromatic nitrogens is 2. The predicted octanol–water partition coefficient (Wildman–Crippen LogP) is 1.12. The van der Waals surface area contributed by atoms with Crippen molar-refractivity contribution in [3.63, 3.8) is 0 Å². The van der Waals surface area contributed by atoms with Crippen molar-refractivity contribution < 1.29 is 34.2 Å². The van der Waals surface area contributed by atoms with Gasteiger partial charge in [-0.25, -0.2) is 4.79 Å². The first-order valence-electron chi connectivity index (χ1n) is 15.5. The van der Waals surface area contributed by atoms with Gasteiger partial charge in [0, 0.05) is 53.5 Å². The fourth-order valence-corrected chi connectivity index (χ4v) is 5.66. The molecule has 0 saturated heterocycles. The van der Waals surface area contributed by atoms with Crippen LogP contribution in [0, 0.1) is 0 Å². The van der Waals surface area contributed by atoms with Crippen molar-refractivity contribution in [2.24, 2.45) is 11.5 Å². The van der Waals surface area contributed by atoms with E-state index in [0.29, 0.717) is 16.7 Å². The molecule has 0 bridgehead atoms. The SMILES string of the molecule is NC(=O)CC(N)C(=O)NC(Cc1c[nH]c2ccccc12)C(=O)NC(Cc1c[nH]c2ccccc12)C(=O)NC(Cc1ccc(O)cc1)C(=O)O. The maximum atomic E-state index is 14.0. The molecule has 0 aliphatic rings. The molecular weight excluding hydrogens is 630 g/mol. The number of carboxylic acid groups (broad SMARTS) is 1. The molecule has 0 radical (unpaired) electrons. The number of aromatic amines is 2. The highest BCUT2D eigenvalue weighted by Crippen LogP contribution is 2.21. The first-order valence-corrected chi connectivity index (χ1v) is 15.5. The van der Waals surface area contributed by atoms with Crippen molar-refractivity contribution in [3.8, 4) is 5.75 Å². The minimum absolute atomic E-state index is 0.00558. The summed E-state index contributed by atoms with van der Waals surface area (Å²) in [4.78, 5) is 70.9. The number of hydrogen-bond donors (Lipinski definition) is 9. The van der Waals surface area contributed by atoms with E-state index >= 15 is 0 Å². The Labute approximate surface area is 280 Å². The highest BCUT2D eigenvalue weighted by molar-refractivity contribution is 5.96. The topological polar surface area (TPSA) is 246 Å². The molecule has 0 saturated carbocycles. The predicted molar refractivity (Wildman–Crippen MR) is 181 cm³/mol. The number of carbonyl (C=O) groups is 5. The van der Waals surface area contributed by atoms with Gasteiger partial charge in [0.25, 0.3) is 0 Å². The van der Waals surface area contributed by atoms with Crippen LogP contribution in [-0.2, 0) is 43.2 Å². The number of para-hydroxylation sites is 2. The normalized spacial score (nSPS) is 13.7. The molecule has 5 rings (SSSR count). The number of rotatable bonds is 15. The second-order valence-corrected chi connectivity index (χ2v) is 11.8. The van der Waals surface area contributed by atoms with E-state index in [9.17, 15) is 34.2 Å². The van der Waals surface area contributed by atoms with Gasteiger partial charge in [0.05, 0.1) is 12.5 Å². The Morgan fingerprint density at radius 3 is 1.61 bits per heavy atom. The summed E-state index contributed by atoms with van der Waals surface area (Å²) < 4.78 is 0. The minimum Gasteiger partial charge on any atom is -0.508 e. The van der Waals surface area contributed by atoms with E-state index < -0.39 is 60.2 Å². The lowest BCUT2D eigenvalue weighted by Gasteiger charge is -2.25.